The van der Waals surface area contributed by atoms with Crippen molar-refractivity contribution in [1.29, 1.82) is 0 Å². The van der Waals surface area contributed by atoms with Crippen molar-refractivity contribution in [2.45, 2.75) is 52.6 Å². The zero-order valence-electron chi connectivity index (χ0n) is 27.8. The van der Waals surface area contributed by atoms with E-state index in [1.165, 1.54) is 18.2 Å². The van der Waals surface area contributed by atoms with Crippen molar-refractivity contribution in [1.82, 2.24) is 18.8 Å². The highest BCUT2D eigenvalue weighted by atomic mass is 19.4. The molecule has 0 atom stereocenters. The van der Waals surface area contributed by atoms with E-state index in [-0.39, 0.29) is 28.3 Å². The maximum atomic E-state index is 13.2. The molecule has 2 aromatic carbocycles. The summed E-state index contributed by atoms with van der Waals surface area (Å²) < 4.78 is 86.8. The average molecular weight is 712 g/mol. The van der Waals surface area contributed by atoms with E-state index in [9.17, 15) is 41.0 Å². The number of hydrogen-bond acceptors (Lipinski definition) is 5. The van der Waals surface area contributed by atoms with Crippen molar-refractivity contribution in [3.8, 4) is 22.5 Å². The highest BCUT2D eigenvalue weighted by Crippen LogP contribution is 2.36. The van der Waals surface area contributed by atoms with Gasteiger partial charge < -0.3 is 9.84 Å². The minimum atomic E-state index is -4.51. The first-order chi connectivity index (χ1) is 23.7. The number of imidazole rings is 2. The number of nitrogens with one attached hydrogen (secondary N) is 1. The fourth-order valence-electron chi connectivity index (χ4n) is 5.36. The molecule has 0 saturated heterocycles. The predicted octanol–water partition coefficient (Wildman–Crippen LogP) is 9.70. The first-order valence-corrected chi connectivity index (χ1v) is 15.3. The molecule has 51 heavy (non-hydrogen) atoms. The molecule has 0 aliphatic heterocycles. The molecule has 1 amide bonds. The number of rotatable bonds is 4. The summed E-state index contributed by atoms with van der Waals surface area (Å²) in [4.78, 5) is 32.1. The quantitative estimate of drug-likeness (QED) is 0.176. The number of ether oxygens (including phenoxy) is 1. The van der Waals surface area contributed by atoms with Gasteiger partial charge in [-0.3, -0.25) is 14.1 Å². The van der Waals surface area contributed by atoms with Gasteiger partial charge in [0.15, 0.2) is 11.5 Å². The Bertz CT molecular complexity index is 2270. The van der Waals surface area contributed by atoms with Crippen LogP contribution in [0.1, 0.15) is 53.8 Å². The maximum absolute atomic E-state index is 13.2. The van der Waals surface area contributed by atoms with E-state index in [0.29, 0.717) is 22.7 Å². The number of nitrogens with zero attached hydrogens (tertiary/aromatic N) is 4. The van der Waals surface area contributed by atoms with E-state index in [4.69, 9.17) is 4.74 Å². The van der Waals surface area contributed by atoms with E-state index in [2.05, 4.69) is 15.3 Å². The van der Waals surface area contributed by atoms with Gasteiger partial charge in [-0.25, -0.2) is 19.6 Å². The highest BCUT2D eigenvalue weighted by molar-refractivity contribution is 5.95. The van der Waals surface area contributed by atoms with Gasteiger partial charge in [-0.2, -0.15) is 26.3 Å². The van der Waals surface area contributed by atoms with E-state index >= 15 is 0 Å². The maximum Gasteiger partial charge on any atom is 0.416 e. The van der Waals surface area contributed by atoms with Gasteiger partial charge in [0.05, 0.1) is 22.5 Å². The van der Waals surface area contributed by atoms with Crippen molar-refractivity contribution < 1.29 is 45.8 Å². The molecular weight excluding hydrogens is 680 g/mol. The Morgan fingerprint density at radius 2 is 1.14 bits per heavy atom. The summed E-state index contributed by atoms with van der Waals surface area (Å²) in [6.45, 7) is 8.69. The Morgan fingerprint density at radius 1 is 0.686 bits per heavy atom. The lowest BCUT2D eigenvalue weighted by Gasteiger charge is -2.19. The minimum Gasteiger partial charge on any atom is -0.476 e. The average Bonchev–Trinajstić information content (AvgIpc) is 3.60. The Balaban J connectivity index is 0.000000201. The molecule has 0 aliphatic rings. The molecule has 9 nitrogen and oxygen atoms in total. The number of carbonyl (C=O) groups excluding carboxylic acids is 1. The minimum absolute atomic E-state index is 0.128. The second-order valence-electron chi connectivity index (χ2n) is 12.4. The number of carboxylic acids is 1. The lowest BCUT2D eigenvalue weighted by Crippen LogP contribution is -2.27. The number of anilines is 1. The molecule has 0 saturated carbocycles. The Kier molecular flexibility index (Phi) is 9.61. The Labute approximate surface area is 287 Å². The molecule has 0 unspecified atom stereocenters. The second kappa shape index (κ2) is 13.5. The first-order valence-electron chi connectivity index (χ1n) is 15.3. The predicted molar refractivity (Wildman–Crippen MR) is 178 cm³/mol. The van der Waals surface area contributed by atoms with Gasteiger partial charge in [0, 0.05) is 22.5 Å². The largest absolute Gasteiger partial charge is 0.476 e. The number of fused-ring (bicyclic) bond motifs is 2. The van der Waals surface area contributed by atoms with Crippen molar-refractivity contribution in [2.24, 2.45) is 0 Å². The normalized spacial score (nSPS) is 12.1. The third kappa shape index (κ3) is 7.97. The van der Waals surface area contributed by atoms with Crippen LogP contribution in [0, 0.1) is 13.8 Å². The second-order valence-corrected chi connectivity index (χ2v) is 12.4. The number of carbonyl (C=O) groups is 2. The number of hydrogen-bond donors (Lipinski definition) is 2. The van der Waals surface area contributed by atoms with Crippen molar-refractivity contribution >= 4 is 29.2 Å². The molecule has 2 N–H and O–H groups in total. The molecule has 0 fully saturated rings. The van der Waals surface area contributed by atoms with Crippen LogP contribution in [-0.2, 0) is 17.1 Å². The number of amides is 1. The zero-order valence-corrected chi connectivity index (χ0v) is 27.8. The SMILES string of the molecule is Cc1cccc2nc(C(=O)O)c(-c3cccc(C(F)(F)F)c3)n12.Cc1cccc2nc(NC(=O)OC(C)(C)C)c(-c3cccc(C(F)(F)F)c3)n12. The van der Waals surface area contributed by atoms with Gasteiger partial charge in [0.1, 0.15) is 16.9 Å². The fraction of sp³-hybridized carbons (Fsp3) is 0.222. The topological polar surface area (TPSA) is 110 Å². The third-order valence-electron chi connectivity index (χ3n) is 7.43. The number of aromatic carboxylic acids is 1. The smallest absolute Gasteiger partial charge is 0.416 e. The van der Waals surface area contributed by atoms with Crippen molar-refractivity contribution in [3.63, 3.8) is 0 Å². The summed E-state index contributed by atoms with van der Waals surface area (Å²) in [5.74, 6) is -1.16. The molecule has 4 aromatic heterocycles. The summed E-state index contributed by atoms with van der Waals surface area (Å²) in [5.41, 5.74) is 0.599. The van der Waals surface area contributed by atoms with Crippen LogP contribution in [0.25, 0.3) is 33.8 Å². The van der Waals surface area contributed by atoms with E-state index in [0.717, 1.165) is 30.0 Å². The first kappa shape index (κ1) is 36.4. The standard InChI is InChI=1S/C20H20F3N3O2.C16H11F3N2O2/c1-12-7-5-10-15-24-17(25-18(27)28-19(2,3)4)16(26(12)15)13-8-6-9-14(11-13)20(21,22)23;1-9-4-2-7-12-20-13(15(22)23)14(21(9)12)10-5-3-6-11(8-10)16(17,18)19/h5-11H,1-4H3,(H,25,27);2-8H,1H3,(H,22,23). The molecule has 6 aromatic rings. The number of aryl methyl sites for hydroxylation is 2. The monoisotopic (exact) mass is 711 g/mol. The van der Waals surface area contributed by atoms with Crippen LogP contribution in [0.15, 0.2) is 84.9 Å². The molecular formula is C36H31F6N5O4. The zero-order chi connectivity index (χ0) is 37.5. The van der Waals surface area contributed by atoms with Crippen LogP contribution in [0.2, 0.25) is 0 Å². The Hall–Kier alpha value is -5.86. The van der Waals surface area contributed by atoms with Crippen LogP contribution >= 0.6 is 0 Å². The fourth-order valence-corrected chi connectivity index (χ4v) is 5.36. The lowest BCUT2D eigenvalue weighted by molar-refractivity contribution is -0.138. The van der Waals surface area contributed by atoms with Crippen molar-refractivity contribution in [3.05, 3.63) is 113 Å². The molecule has 4 heterocycles. The summed E-state index contributed by atoms with van der Waals surface area (Å²) in [7, 11) is 0. The van der Waals surface area contributed by atoms with E-state index < -0.39 is 41.1 Å². The molecule has 266 valence electrons. The van der Waals surface area contributed by atoms with Crippen LogP contribution in [0.4, 0.5) is 37.0 Å². The number of alkyl halides is 6. The number of benzene rings is 2. The van der Waals surface area contributed by atoms with Crippen LogP contribution in [-0.4, -0.2) is 41.5 Å². The van der Waals surface area contributed by atoms with Crippen LogP contribution < -0.4 is 5.32 Å². The summed E-state index contributed by atoms with van der Waals surface area (Å²) in [6.07, 6.45) is -9.72. The highest BCUT2D eigenvalue weighted by Gasteiger charge is 2.32. The van der Waals surface area contributed by atoms with Gasteiger partial charge >= 0.3 is 24.4 Å². The van der Waals surface area contributed by atoms with Crippen LogP contribution in [0.3, 0.4) is 0 Å². The summed E-state index contributed by atoms with van der Waals surface area (Å²) >= 11 is 0. The molecule has 6 rings (SSSR count). The van der Waals surface area contributed by atoms with Gasteiger partial charge in [0.2, 0.25) is 0 Å². The van der Waals surface area contributed by atoms with Crippen LogP contribution in [0.5, 0.6) is 0 Å². The number of carboxylic acid groups (broad SMARTS) is 1. The number of pyridine rings is 2. The third-order valence-corrected chi connectivity index (χ3v) is 7.43. The van der Waals surface area contributed by atoms with E-state index in [1.807, 2.05) is 13.0 Å². The van der Waals surface area contributed by atoms with Crippen molar-refractivity contribution in [2.75, 3.05) is 5.32 Å². The molecule has 0 aliphatic carbocycles. The van der Waals surface area contributed by atoms with Gasteiger partial charge in [-0.05, 0) is 83.1 Å². The number of aromatic nitrogens is 4. The van der Waals surface area contributed by atoms with Gasteiger partial charge in [-0.1, -0.05) is 36.4 Å². The summed E-state index contributed by atoms with van der Waals surface area (Å²) in [6, 6.07) is 19.8. The number of halogens is 6. The molecule has 0 radical (unpaired) electrons. The molecule has 15 heteroatoms. The van der Waals surface area contributed by atoms with E-state index in [1.54, 1.807) is 72.9 Å². The lowest BCUT2D eigenvalue weighted by atomic mass is 10.1. The van der Waals surface area contributed by atoms with Gasteiger partial charge in [0.25, 0.3) is 0 Å². The molecule has 0 spiro atoms. The summed E-state index contributed by atoms with van der Waals surface area (Å²) in [5, 5.41) is 11.9. The Morgan fingerprint density at radius 3 is 1.61 bits per heavy atom. The van der Waals surface area contributed by atoms with Gasteiger partial charge in [-0.15, -0.1) is 0 Å². The molecule has 0 bridgehead atoms.